The molecule has 0 aromatic carbocycles. The van der Waals surface area contributed by atoms with Crippen LogP contribution in [0.5, 0.6) is 0 Å². The quantitative estimate of drug-likeness (QED) is 0.176. The van der Waals surface area contributed by atoms with E-state index in [0.29, 0.717) is 6.61 Å². The van der Waals surface area contributed by atoms with E-state index >= 15 is 0 Å². The average molecular weight is 128 g/mol. The van der Waals surface area contributed by atoms with E-state index in [2.05, 4.69) is 4.89 Å². The Morgan fingerprint density at radius 1 is 1.57 bits per heavy atom. The molecule has 0 radical (unpaired) electrons. The zero-order valence-corrected chi connectivity index (χ0v) is 8.06. The van der Waals surface area contributed by atoms with E-state index in [0.717, 1.165) is 12.8 Å². The van der Waals surface area contributed by atoms with Gasteiger partial charge in [0, 0.05) is 6.61 Å². The molecule has 7 heavy (non-hydrogen) atoms. The molecule has 3 heteroatoms. The van der Waals surface area contributed by atoms with E-state index in [4.69, 9.17) is 0 Å². The second-order valence-corrected chi connectivity index (χ2v) is 1.18. The fraction of sp³-hybridized carbons (Fsp3) is 1.00. The van der Waals surface area contributed by atoms with Gasteiger partial charge >= 0.3 is 51.4 Å². The van der Waals surface area contributed by atoms with Gasteiger partial charge in [-0.05, 0) is 6.42 Å². The van der Waals surface area contributed by atoms with Crippen LogP contribution in [0.25, 0.3) is 0 Å². The van der Waals surface area contributed by atoms with Gasteiger partial charge in [0.15, 0.2) is 0 Å². The first-order valence-corrected chi connectivity index (χ1v) is 2.16. The Bertz CT molecular complexity index is 21.7. The van der Waals surface area contributed by atoms with Gasteiger partial charge in [-0.15, -0.1) is 0 Å². The summed E-state index contributed by atoms with van der Waals surface area (Å²) in [7, 11) is 0. The first-order chi connectivity index (χ1) is 2.91. The molecule has 0 saturated carbocycles. The molecule has 0 spiro atoms. The van der Waals surface area contributed by atoms with Gasteiger partial charge in [0.1, 0.15) is 0 Å². The molecule has 0 atom stereocenters. The standard InChI is InChI=1S/C4H10O2.K/c1-2-3-4-6-5;/h5H,2-4H2,1H3;/q;+1/p-1. The maximum absolute atomic E-state index is 9.19. The normalized spacial score (nSPS) is 7.71. The van der Waals surface area contributed by atoms with Crippen LogP contribution in [0.15, 0.2) is 0 Å². The molecule has 0 unspecified atom stereocenters. The van der Waals surface area contributed by atoms with Gasteiger partial charge < -0.3 is 10.1 Å². The molecule has 0 aliphatic rings. The van der Waals surface area contributed by atoms with Crippen molar-refractivity contribution in [1.82, 2.24) is 0 Å². The fourth-order valence-electron chi connectivity index (χ4n) is 0.203. The maximum Gasteiger partial charge on any atom is 1.00 e. The van der Waals surface area contributed by atoms with Crippen molar-refractivity contribution in [2.75, 3.05) is 6.61 Å². The Balaban J connectivity index is 0. The van der Waals surface area contributed by atoms with E-state index in [1.807, 2.05) is 6.92 Å². The van der Waals surface area contributed by atoms with E-state index in [9.17, 15) is 5.26 Å². The molecule has 0 aromatic heterocycles. The van der Waals surface area contributed by atoms with E-state index < -0.39 is 0 Å². The Morgan fingerprint density at radius 2 is 2.14 bits per heavy atom. The Labute approximate surface area is 86.6 Å². The summed E-state index contributed by atoms with van der Waals surface area (Å²) < 4.78 is 0. The SMILES string of the molecule is CCCCO[O-].[K+]. The molecule has 0 N–H and O–H groups in total. The summed E-state index contributed by atoms with van der Waals surface area (Å²) in [5.41, 5.74) is 0. The van der Waals surface area contributed by atoms with Crippen LogP contribution in [0.1, 0.15) is 19.8 Å². The molecule has 0 bridgehead atoms. The van der Waals surface area contributed by atoms with Crippen molar-refractivity contribution in [3.8, 4) is 0 Å². The first kappa shape index (κ1) is 11.4. The van der Waals surface area contributed by atoms with Crippen LogP contribution in [0.4, 0.5) is 0 Å². The molecule has 0 fully saturated rings. The summed E-state index contributed by atoms with van der Waals surface area (Å²) >= 11 is 0. The van der Waals surface area contributed by atoms with Crippen LogP contribution < -0.4 is 56.6 Å². The third-order valence-electron chi connectivity index (χ3n) is 0.581. The molecule has 38 valence electrons. The van der Waals surface area contributed by atoms with Crippen molar-refractivity contribution in [3.05, 3.63) is 0 Å². The molecule has 0 aliphatic heterocycles. The minimum absolute atomic E-state index is 0. The van der Waals surface area contributed by atoms with Crippen molar-refractivity contribution in [1.29, 1.82) is 0 Å². The molecular weight excluding hydrogens is 119 g/mol. The van der Waals surface area contributed by atoms with Gasteiger partial charge in [0.25, 0.3) is 0 Å². The van der Waals surface area contributed by atoms with Crippen LogP contribution in [0.2, 0.25) is 0 Å². The molecule has 2 nitrogen and oxygen atoms in total. The minimum atomic E-state index is 0. The molecule has 0 aromatic rings. The predicted octanol–water partition coefficient (Wildman–Crippen LogP) is -2.92. The fourth-order valence-corrected chi connectivity index (χ4v) is 0.203. The molecule has 0 saturated heterocycles. The minimum Gasteiger partial charge on any atom is -0.723 e. The third kappa shape index (κ3) is 11.2. The first-order valence-electron chi connectivity index (χ1n) is 2.16. The Hall–Kier alpha value is 1.56. The van der Waals surface area contributed by atoms with E-state index in [-0.39, 0.29) is 51.4 Å². The zero-order valence-electron chi connectivity index (χ0n) is 4.94. The van der Waals surface area contributed by atoms with Gasteiger partial charge in [-0.1, -0.05) is 13.3 Å². The zero-order chi connectivity index (χ0) is 4.83. The number of hydrogen-bond donors (Lipinski definition) is 0. The number of unbranched alkanes of at least 4 members (excludes halogenated alkanes) is 1. The van der Waals surface area contributed by atoms with Gasteiger partial charge in [-0.25, -0.2) is 0 Å². The number of hydrogen-bond acceptors (Lipinski definition) is 2. The Kier molecular flexibility index (Phi) is 17.1. The van der Waals surface area contributed by atoms with Gasteiger partial charge in [0.2, 0.25) is 0 Å². The molecule has 0 amide bonds. The smallest absolute Gasteiger partial charge is 0.723 e. The monoisotopic (exact) mass is 128 g/mol. The largest absolute Gasteiger partial charge is 1.00 e. The third-order valence-corrected chi connectivity index (χ3v) is 0.581. The van der Waals surface area contributed by atoms with Crippen LogP contribution in [-0.2, 0) is 4.89 Å². The van der Waals surface area contributed by atoms with Crippen molar-refractivity contribution in [3.63, 3.8) is 0 Å². The molecule has 0 heterocycles. The number of rotatable bonds is 3. The maximum atomic E-state index is 9.19. The van der Waals surface area contributed by atoms with E-state index in [1.165, 1.54) is 0 Å². The summed E-state index contributed by atoms with van der Waals surface area (Å²) in [4.78, 5) is 3.53. The van der Waals surface area contributed by atoms with Crippen LogP contribution >= 0.6 is 0 Å². The van der Waals surface area contributed by atoms with Crippen LogP contribution in [-0.4, -0.2) is 6.61 Å². The second-order valence-electron chi connectivity index (χ2n) is 1.18. The van der Waals surface area contributed by atoms with Gasteiger partial charge in [-0.3, -0.25) is 0 Å². The summed E-state index contributed by atoms with van der Waals surface area (Å²) in [6.45, 7) is 2.37. The van der Waals surface area contributed by atoms with Gasteiger partial charge in [-0.2, -0.15) is 0 Å². The second kappa shape index (κ2) is 10.5. The molecule has 0 aliphatic carbocycles. The average Bonchev–Trinajstić information content (AvgIpc) is 1.61. The molecule has 0 rings (SSSR count). The van der Waals surface area contributed by atoms with Crippen LogP contribution in [0.3, 0.4) is 0 Å². The Morgan fingerprint density at radius 3 is 2.29 bits per heavy atom. The van der Waals surface area contributed by atoms with Gasteiger partial charge in [0.05, 0.1) is 0 Å². The topological polar surface area (TPSA) is 32.3 Å². The summed E-state index contributed by atoms with van der Waals surface area (Å²) in [5, 5.41) is 9.19. The van der Waals surface area contributed by atoms with E-state index in [1.54, 1.807) is 0 Å². The summed E-state index contributed by atoms with van der Waals surface area (Å²) in [6.07, 6.45) is 1.91. The van der Waals surface area contributed by atoms with Crippen LogP contribution in [0, 0.1) is 0 Å². The predicted molar refractivity (Wildman–Crippen MR) is 20.9 cm³/mol. The van der Waals surface area contributed by atoms with Crippen molar-refractivity contribution < 1.29 is 61.5 Å². The summed E-state index contributed by atoms with van der Waals surface area (Å²) in [5.74, 6) is 0. The molecular formula is C4H9KO2. The van der Waals surface area contributed by atoms with Crippen molar-refractivity contribution in [2.45, 2.75) is 19.8 Å². The van der Waals surface area contributed by atoms with Crippen molar-refractivity contribution >= 4 is 0 Å². The summed E-state index contributed by atoms with van der Waals surface area (Å²) in [6, 6.07) is 0. The van der Waals surface area contributed by atoms with Crippen molar-refractivity contribution in [2.24, 2.45) is 0 Å².